The van der Waals surface area contributed by atoms with E-state index in [0.29, 0.717) is 12.1 Å². The van der Waals surface area contributed by atoms with Crippen LogP contribution in [0.3, 0.4) is 0 Å². The second-order valence-electron chi connectivity index (χ2n) is 5.07. The average molecular weight is 332 g/mol. The van der Waals surface area contributed by atoms with Gasteiger partial charge in [-0.2, -0.15) is 4.31 Å². The molecule has 1 aromatic heterocycles. The number of hydrogen-bond acceptors (Lipinski definition) is 5. The lowest BCUT2D eigenvalue weighted by atomic mass is 10.1. The standard InChI is InChI=1S/C13H20N2O4S2/c1-3-15(10-4-6-14-7-5-10)21(18,19)11-8-9(2)12(20-11)13(16)17/h8,10,14H,3-7H2,1-2H3,(H,16,17). The summed E-state index contributed by atoms with van der Waals surface area (Å²) in [7, 11) is -3.63. The molecule has 1 aliphatic heterocycles. The molecule has 2 rings (SSSR count). The molecule has 118 valence electrons. The predicted molar refractivity (Wildman–Crippen MR) is 81.5 cm³/mol. The van der Waals surface area contributed by atoms with Crippen molar-refractivity contribution < 1.29 is 18.3 Å². The molecule has 0 aliphatic carbocycles. The van der Waals surface area contributed by atoms with Gasteiger partial charge >= 0.3 is 5.97 Å². The topological polar surface area (TPSA) is 86.7 Å². The minimum absolute atomic E-state index is 0.0167. The highest BCUT2D eigenvalue weighted by Crippen LogP contribution is 2.30. The Kier molecular flexibility index (Phi) is 5.03. The summed E-state index contributed by atoms with van der Waals surface area (Å²) in [5, 5.41) is 12.3. The van der Waals surface area contributed by atoms with Crippen LogP contribution < -0.4 is 5.32 Å². The van der Waals surface area contributed by atoms with E-state index in [4.69, 9.17) is 5.11 Å². The summed E-state index contributed by atoms with van der Waals surface area (Å²) in [5.74, 6) is -1.08. The zero-order valence-electron chi connectivity index (χ0n) is 12.1. The second-order valence-corrected chi connectivity index (χ2v) is 8.24. The Morgan fingerprint density at radius 2 is 2.10 bits per heavy atom. The fourth-order valence-corrected chi connectivity index (χ4v) is 5.83. The van der Waals surface area contributed by atoms with Crippen LogP contribution in [-0.2, 0) is 10.0 Å². The molecule has 2 heterocycles. The van der Waals surface area contributed by atoms with Crippen LogP contribution in [-0.4, -0.2) is 49.5 Å². The third-order valence-corrected chi connectivity index (χ3v) is 7.38. The predicted octanol–water partition coefficient (Wildman–Crippen LogP) is 1.52. The molecule has 0 bridgehead atoms. The smallest absolute Gasteiger partial charge is 0.346 e. The van der Waals surface area contributed by atoms with Crippen LogP contribution in [0.1, 0.15) is 35.0 Å². The molecule has 1 saturated heterocycles. The van der Waals surface area contributed by atoms with Crippen LogP contribution in [0.4, 0.5) is 0 Å². The highest BCUT2D eigenvalue weighted by atomic mass is 32.2. The Hall–Kier alpha value is -0.960. The van der Waals surface area contributed by atoms with E-state index >= 15 is 0 Å². The first-order valence-electron chi connectivity index (χ1n) is 6.94. The SMILES string of the molecule is CCN(C1CCNCC1)S(=O)(=O)c1cc(C)c(C(=O)O)s1. The molecule has 1 aliphatic rings. The van der Waals surface area contributed by atoms with Crippen molar-refractivity contribution in [2.24, 2.45) is 0 Å². The summed E-state index contributed by atoms with van der Waals surface area (Å²) in [5.41, 5.74) is 0.493. The minimum atomic E-state index is -3.63. The number of nitrogens with one attached hydrogen (secondary N) is 1. The molecule has 0 spiro atoms. The summed E-state index contributed by atoms with van der Waals surface area (Å²) in [6.07, 6.45) is 1.56. The van der Waals surface area contributed by atoms with Crippen molar-refractivity contribution in [1.82, 2.24) is 9.62 Å². The number of aromatic carboxylic acids is 1. The maximum atomic E-state index is 12.8. The third kappa shape index (κ3) is 3.28. The number of carboxylic acid groups (broad SMARTS) is 1. The Morgan fingerprint density at radius 3 is 2.57 bits per heavy atom. The molecule has 0 amide bonds. The maximum Gasteiger partial charge on any atom is 0.346 e. The third-order valence-electron chi connectivity index (χ3n) is 3.68. The summed E-state index contributed by atoms with van der Waals surface area (Å²) in [6, 6.07) is 1.45. The van der Waals surface area contributed by atoms with Crippen molar-refractivity contribution in [2.45, 2.75) is 36.9 Å². The number of thiophene rings is 1. The quantitative estimate of drug-likeness (QED) is 0.854. The van der Waals surface area contributed by atoms with Crippen LogP contribution in [0, 0.1) is 6.92 Å². The molecular formula is C13H20N2O4S2. The molecule has 21 heavy (non-hydrogen) atoms. The van der Waals surface area contributed by atoms with Crippen molar-refractivity contribution >= 4 is 27.3 Å². The first-order chi connectivity index (χ1) is 9.87. The van der Waals surface area contributed by atoms with Crippen molar-refractivity contribution in [2.75, 3.05) is 19.6 Å². The van der Waals surface area contributed by atoms with Gasteiger partial charge in [-0.25, -0.2) is 13.2 Å². The van der Waals surface area contributed by atoms with Gasteiger partial charge in [0.2, 0.25) is 0 Å². The number of sulfonamides is 1. The molecule has 0 saturated carbocycles. The van der Waals surface area contributed by atoms with Gasteiger partial charge in [-0.1, -0.05) is 6.92 Å². The van der Waals surface area contributed by atoms with Crippen LogP contribution in [0.5, 0.6) is 0 Å². The highest BCUT2D eigenvalue weighted by Gasteiger charge is 2.33. The van der Waals surface area contributed by atoms with Gasteiger partial charge < -0.3 is 10.4 Å². The summed E-state index contributed by atoms with van der Waals surface area (Å²) in [4.78, 5) is 11.2. The maximum absolute atomic E-state index is 12.8. The number of carbonyl (C=O) groups is 1. The molecule has 6 nitrogen and oxygen atoms in total. The lowest BCUT2D eigenvalue weighted by Gasteiger charge is -2.32. The molecule has 0 unspecified atom stereocenters. The van der Waals surface area contributed by atoms with Crippen LogP contribution in [0.15, 0.2) is 10.3 Å². The number of aryl methyl sites for hydroxylation is 1. The molecular weight excluding hydrogens is 312 g/mol. The van der Waals surface area contributed by atoms with Crippen molar-refractivity contribution in [1.29, 1.82) is 0 Å². The minimum Gasteiger partial charge on any atom is -0.477 e. The molecule has 0 aromatic carbocycles. The van der Waals surface area contributed by atoms with E-state index in [1.165, 1.54) is 10.4 Å². The van der Waals surface area contributed by atoms with E-state index in [-0.39, 0.29) is 15.1 Å². The molecule has 8 heteroatoms. The van der Waals surface area contributed by atoms with E-state index in [1.54, 1.807) is 6.92 Å². The second kappa shape index (κ2) is 6.43. The summed E-state index contributed by atoms with van der Waals surface area (Å²) in [6.45, 7) is 5.45. The molecule has 1 fully saturated rings. The highest BCUT2D eigenvalue weighted by molar-refractivity contribution is 7.91. The zero-order valence-corrected chi connectivity index (χ0v) is 13.8. The van der Waals surface area contributed by atoms with Crippen LogP contribution in [0.2, 0.25) is 0 Å². The van der Waals surface area contributed by atoms with E-state index in [1.807, 2.05) is 6.92 Å². The number of nitrogens with zero attached hydrogens (tertiary/aromatic N) is 1. The van der Waals surface area contributed by atoms with Gasteiger partial charge in [0.1, 0.15) is 9.09 Å². The monoisotopic (exact) mass is 332 g/mol. The van der Waals surface area contributed by atoms with Crippen LogP contribution in [0.25, 0.3) is 0 Å². The molecule has 0 radical (unpaired) electrons. The zero-order chi connectivity index (χ0) is 15.6. The lowest BCUT2D eigenvalue weighted by molar-refractivity contribution is 0.0701. The fourth-order valence-electron chi connectivity index (χ4n) is 2.63. The molecule has 1 aromatic rings. The fraction of sp³-hybridized carbons (Fsp3) is 0.615. The summed E-state index contributed by atoms with van der Waals surface area (Å²) < 4.78 is 27.2. The largest absolute Gasteiger partial charge is 0.477 e. The first kappa shape index (κ1) is 16.4. The first-order valence-corrected chi connectivity index (χ1v) is 9.20. The van der Waals surface area contributed by atoms with Gasteiger partial charge in [0.05, 0.1) is 0 Å². The summed E-state index contributed by atoms with van der Waals surface area (Å²) >= 11 is 0.837. The normalized spacial score (nSPS) is 17.3. The van der Waals surface area contributed by atoms with E-state index in [0.717, 1.165) is 37.3 Å². The van der Waals surface area contributed by atoms with Gasteiger partial charge in [0.25, 0.3) is 10.0 Å². The van der Waals surface area contributed by atoms with Crippen LogP contribution >= 0.6 is 11.3 Å². The van der Waals surface area contributed by atoms with Gasteiger partial charge in [-0.3, -0.25) is 0 Å². The van der Waals surface area contributed by atoms with Gasteiger partial charge in [-0.15, -0.1) is 11.3 Å². The molecule has 0 atom stereocenters. The Morgan fingerprint density at radius 1 is 1.48 bits per heavy atom. The van der Waals surface area contributed by atoms with Gasteiger partial charge in [0.15, 0.2) is 0 Å². The van der Waals surface area contributed by atoms with E-state index in [9.17, 15) is 13.2 Å². The van der Waals surface area contributed by atoms with Gasteiger partial charge in [-0.05, 0) is 44.5 Å². The van der Waals surface area contributed by atoms with E-state index < -0.39 is 16.0 Å². The lowest BCUT2D eigenvalue weighted by Crippen LogP contribution is -2.45. The van der Waals surface area contributed by atoms with Crippen molar-refractivity contribution in [3.05, 3.63) is 16.5 Å². The van der Waals surface area contributed by atoms with E-state index in [2.05, 4.69) is 5.32 Å². The molecule has 2 N–H and O–H groups in total. The average Bonchev–Trinajstić information content (AvgIpc) is 2.83. The Balaban J connectivity index is 2.34. The Labute approximate surface area is 128 Å². The number of carboxylic acids is 1. The Bertz CT molecular complexity index is 618. The number of rotatable bonds is 5. The number of hydrogen-bond donors (Lipinski definition) is 2. The van der Waals surface area contributed by atoms with Crippen molar-refractivity contribution in [3.63, 3.8) is 0 Å². The van der Waals surface area contributed by atoms with Crippen molar-refractivity contribution in [3.8, 4) is 0 Å². The number of piperidine rings is 1. The van der Waals surface area contributed by atoms with Gasteiger partial charge in [0, 0.05) is 12.6 Å².